The summed E-state index contributed by atoms with van der Waals surface area (Å²) in [5.74, 6) is -0.384. The van der Waals surface area contributed by atoms with Crippen LogP contribution in [0.1, 0.15) is 18.5 Å². The Labute approximate surface area is 145 Å². The number of nitrogens with zero attached hydrogens (tertiary/aromatic N) is 3. The van der Waals surface area contributed by atoms with Crippen LogP contribution in [0.25, 0.3) is 0 Å². The fourth-order valence-electron chi connectivity index (χ4n) is 3.76. The van der Waals surface area contributed by atoms with E-state index in [2.05, 4.69) is 14.9 Å². The highest BCUT2D eigenvalue weighted by molar-refractivity contribution is 5.95. The Morgan fingerprint density at radius 1 is 1.28 bits per heavy atom. The molecule has 0 radical (unpaired) electrons. The van der Waals surface area contributed by atoms with Gasteiger partial charge in [-0.1, -0.05) is 0 Å². The minimum Gasteiger partial charge on any atom is -0.362 e. The lowest BCUT2D eigenvalue weighted by atomic mass is 9.90. The average molecular weight is 344 g/mol. The highest BCUT2D eigenvalue weighted by Gasteiger charge is 2.43. The number of ether oxygens (including phenoxy) is 1. The second-order valence-corrected chi connectivity index (χ2v) is 6.82. The zero-order valence-electron chi connectivity index (χ0n) is 13.9. The number of imidazole rings is 1. The molecule has 0 bridgehead atoms. The molecule has 25 heavy (non-hydrogen) atoms. The molecule has 2 fully saturated rings. The number of H-pyrrole nitrogens is 1. The summed E-state index contributed by atoms with van der Waals surface area (Å²) >= 11 is 0. The van der Waals surface area contributed by atoms with Crippen LogP contribution in [0, 0.1) is 5.82 Å². The fraction of sp³-hybridized carbons (Fsp3) is 0.444. The number of aromatic amines is 1. The van der Waals surface area contributed by atoms with Crippen LogP contribution in [-0.4, -0.2) is 52.6 Å². The Balaban J connectivity index is 1.50. The first-order chi connectivity index (χ1) is 12.1. The van der Waals surface area contributed by atoms with Crippen molar-refractivity contribution in [2.45, 2.75) is 25.0 Å². The van der Waals surface area contributed by atoms with E-state index in [-0.39, 0.29) is 23.9 Å². The topological polar surface area (TPSA) is 61.5 Å². The van der Waals surface area contributed by atoms with Crippen molar-refractivity contribution in [3.8, 4) is 0 Å². The third kappa shape index (κ3) is 3.43. The zero-order valence-corrected chi connectivity index (χ0v) is 13.9. The van der Waals surface area contributed by atoms with E-state index in [1.165, 1.54) is 12.1 Å². The Bertz CT molecular complexity index is 734. The molecule has 1 atom stereocenters. The predicted molar refractivity (Wildman–Crippen MR) is 90.5 cm³/mol. The summed E-state index contributed by atoms with van der Waals surface area (Å²) in [4.78, 5) is 23.6. The molecule has 1 unspecified atom stereocenters. The van der Waals surface area contributed by atoms with Gasteiger partial charge in [0, 0.05) is 30.7 Å². The first-order valence-electron chi connectivity index (χ1n) is 8.53. The molecule has 1 N–H and O–H groups in total. The largest absolute Gasteiger partial charge is 0.362 e. The quantitative estimate of drug-likeness (QED) is 0.924. The summed E-state index contributed by atoms with van der Waals surface area (Å²) in [7, 11) is 0. The number of nitrogens with one attached hydrogen (secondary N) is 1. The van der Waals surface area contributed by atoms with E-state index < -0.39 is 0 Å². The van der Waals surface area contributed by atoms with Crippen molar-refractivity contribution in [1.82, 2.24) is 14.9 Å². The molecule has 132 valence electrons. The zero-order chi connectivity index (χ0) is 17.3. The van der Waals surface area contributed by atoms with E-state index in [1.54, 1.807) is 23.4 Å². The van der Waals surface area contributed by atoms with Gasteiger partial charge in [0.05, 0.1) is 18.5 Å². The third-order valence-electron chi connectivity index (χ3n) is 4.95. The number of anilines is 1. The molecule has 0 saturated carbocycles. The number of aromatic nitrogens is 2. The van der Waals surface area contributed by atoms with Gasteiger partial charge in [0.25, 0.3) is 5.91 Å². The molecule has 6 nitrogen and oxygen atoms in total. The van der Waals surface area contributed by atoms with Crippen LogP contribution in [0.15, 0.2) is 36.8 Å². The predicted octanol–water partition coefficient (Wildman–Crippen LogP) is 1.95. The first-order valence-corrected chi connectivity index (χ1v) is 8.53. The molecule has 7 heteroatoms. The number of hydrogen-bond donors (Lipinski definition) is 1. The number of rotatable bonds is 3. The van der Waals surface area contributed by atoms with Gasteiger partial charge in [-0.25, -0.2) is 9.37 Å². The van der Waals surface area contributed by atoms with Gasteiger partial charge in [-0.15, -0.1) is 0 Å². The van der Waals surface area contributed by atoms with Gasteiger partial charge in [0.1, 0.15) is 12.4 Å². The Kier molecular flexibility index (Phi) is 4.27. The highest BCUT2D eigenvalue weighted by Crippen LogP contribution is 2.32. The van der Waals surface area contributed by atoms with Gasteiger partial charge in [-0.3, -0.25) is 9.69 Å². The Hall–Kier alpha value is -2.25. The summed E-state index contributed by atoms with van der Waals surface area (Å²) in [6, 6.07) is 6.07. The number of carbonyl (C=O) groups is 1. The van der Waals surface area contributed by atoms with E-state index in [1.807, 2.05) is 6.20 Å². The number of halogens is 1. The normalized spacial score (nSPS) is 24.8. The molecule has 1 spiro atoms. The summed E-state index contributed by atoms with van der Waals surface area (Å²) in [5.41, 5.74) is 1.42. The first kappa shape index (κ1) is 16.2. The fourth-order valence-corrected chi connectivity index (χ4v) is 3.76. The maximum atomic E-state index is 13.2. The number of hydrogen-bond acceptors (Lipinski definition) is 4. The van der Waals surface area contributed by atoms with Crippen LogP contribution in [0.2, 0.25) is 0 Å². The van der Waals surface area contributed by atoms with E-state index in [4.69, 9.17) is 4.74 Å². The minimum absolute atomic E-state index is 0.0648. The molecule has 2 aliphatic rings. The maximum absolute atomic E-state index is 13.2. The summed E-state index contributed by atoms with van der Waals surface area (Å²) in [6.45, 7) is 3.10. The smallest absolute Gasteiger partial charge is 0.253 e. The molecular formula is C18H21FN4O2. The van der Waals surface area contributed by atoms with E-state index in [0.29, 0.717) is 6.54 Å². The van der Waals surface area contributed by atoms with Crippen molar-refractivity contribution < 1.29 is 13.9 Å². The molecule has 2 aliphatic heterocycles. The van der Waals surface area contributed by atoms with Gasteiger partial charge >= 0.3 is 0 Å². The number of morpholine rings is 1. The van der Waals surface area contributed by atoms with E-state index in [9.17, 15) is 9.18 Å². The van der Waals surface area contributed by atoms with Gasteiger partial charge in [0.15, 0.2) is 0 Å². The molecule has 1 aromatic carbocycles. The summed E-state index contributed by atoms with van der Waals surface area (Å²) in [6.07, 6.45) is 5.44. The SMILES string of the molecule is O=C1COC2(CCCN(Cc3cnc[nH]3)C2)CN1c1ccc(F)cc1. The van der Waals surface area contributed by atoms with Gasteiger partial charge in [-0.2, -0.15) is 0 Å². The van der Waals surface area contributed by atoms with E-state index >= 15 is 0 Å². The van der Waals surface area contributed by atoms with Crippen molar-refractivity contribution in [3.05, 3.63) is 48.3 Å². The molecule has 2 saturated heterocycles. The Morgan fingerprint density at radius 3 is 2.88 bits per heavy atom. The number of carbonyl (C=O) groups excluding carboxylic acids is 1. The van der Waals surface area contributed by atoms with Crippen molar-refractivity contribution in [2.24, 2.45) is 0 Å². The minimum atomic E-state index is -0.374. The molecule has 1 aromatic heterocycles. The highest BCUT2D eigenvalue weighted by atomic mass is 19.1. The number of piperidine rings is 1. The Morgan fingerprint density at radius 2 is 2.12 bits per heavy atom. The van der Waals surface area contributed by atoms with Crippen LogP contribution >= 0.6 is 0 Å². The maximum Gasteiger partial charge on any atom is 0.253 e. The van der Waals surface area contributed by atoms with Crippen LogP contribution in [-0.2, 0) is 16.1 Å². The lowest BCUT2D eigenvalue weighted by molar-refractivity contribution is -0.146. The van der Waals surface area contributed by atoms with Crippen LogP contribution in [0.5, 0.6) is 0 Å². The monoisotopic (exact) mass is 344 g/mol. The second kappa shape index (κ2) is 6.57. The van der Waals surface area contributed by atoms with Crippen molar-refractivity contribution in [3.63, 3.8) is 0 Å². The van der Waals surface area contributed by atoms with E-state index in [0.717, 1.165) is 43.9 Å². The van der Waals surface area contributed by atoms with Crippen LogP contribution in [0.4, 0.5) is 10.1 Å². The molecule has 0 aliphatic carbocycles. The van der Waals surface area contributed by atoms with Crippen molar-refractivity contribution in [1.29, 1.82) is 0 Å². The number of benzene rings is 1. The molecule has 1 amide bonds. The second-order valence-electron chi connectivity index (χ2n) is 6.82. The summed E-state index contributed by atoms with van der Waals surface area (Å²) < 4.78 is 19.2. The molecule has 2 aromatic rings. The van der Waals surface area contributed by atoms with Crippen LogP contribution < -0.4 is 4.90 Å². The lowest BCUT2D eigenvalue weighted by Crippen LogP contribution is -2.61. The third-order valence-corrected chi connectivity index (χ3v) is 4.95. The van der Waals surface area contributed by atoms with Crippen molar-refractivity contribution in [2.75, 3.05) is 31.1 Å². The van der Waals surface area contributed by atoms with Crippen molar-refractivity contribution >= 4 is 11.6 Å². The van der Waals surface area contributed by atoms with Gasteiger partial charge < -0.3 is 14.6 Å². The number of likely N-dealkylation sites (tertiary alicyclic amines) is 1. The molecule has 3 heterocycles. The average Bonchev–Trinajstić information content (AvgIpc) is 3.11. The molecular weight excluding hydrogens is 323 g/mol. The van der Waals surface area contributed by atoms with Crippen LogP contribution in [0.3, 0.4) is 0 Å². The molecule has 4 rings (SSSR count). The number of amides is 1. The summed E-state index contributed by atoms with van der Waals surface area (Å²) in [5, 5.41) is 0. The lowest BCUT2D eigenvalue weighted by Gasteiger charge is -2.47. The van der Waals surface area contributed by atoms with Gasteiger partial charge in [0.2, 0.25) is 0 Å². The standard InChI is InChI=1S/C18H21FN4O2/c19-14-2-4-16(5-3-14)23-12-18(25-10-17(23)24)6-1-7-22(11-18)9-15-8-20-13-21-15/h2-5,8,13H,1,6-7,9-12H2,(H,20,21). The van der Waals surface area contributed by atoms with Gasteiger partial charge in [-0.05, 0) is 43.7 Å².